The summed E-state index contributed by atoms with van der Waals surface area (Å²) in [5.74, 6) is -1.16. The van der Waals surface area contributed by atoms with E-state index in [1.54, 1.807) is 44.3 Å². The minimum atomic E-state index is -4.22. The van der Waals surface area contributed by atoms with Gasteiger partial charge in [0.05, 0.1) is 38.2 Å². The summed E-state index contributed by atoms with van der Waals surface area (Å²) in [6.07, 6.45) is -2.13. The molecule has 0 amide bonds. The van der Waals surface area contributed by atoms with Gasteiger partial charge in [-0.3, -0.25) is 18.3 Å². The second-order valence-electron chi connectivity index (χ2n) is 8.68. The number of anilines is 2. The molecule has 1 aliphatic heterocycles. The number of nitrogen functional groups attached to an aromatic ring is 1. The van der Waals surface area contributed by atoms with E-state index < -0.39 is 57.4 Å². The molecule has 0 spiro atoms. The Morgan fingerprint density at radius 2 is 2.08 bits per heavy atom. The molecule has 1 unspecified atom stereocenters. The number of nitrogens with zero attached hydrogens (tertiary/aromatic N) is 4. The summed E-state index contributed by atoms with van der Waals surface area (Å²) in [4.78, 5) is 24.7. The molecular formula is C23H31FN7O7P. The predicted molar refractivity (Wildman–Crippen MR) is 139 cm³/mol. The number of halogens is 1. The third kappa shape index (κ3) is 6.28. The number of nitrogens with one attached hydrogen (secondary N) is 2. The van der Waals surface area contributed by atoms with Gasteiger partial charge in [0.2, 0.25) is 5.95 Å². The summed E-state index contributed by atoms with van der Waals surface area (Å²) < 4.78 is 51.4. The van der Waals surface area contributed by atoms with Gasteiger partial charge < -0.3 is 30.2 Å². The van der Waals surface area contributed by atoms with Crippen molar-refractivity contribution in [3.05, 3.63) is 36.7 Å². The number of aliphatic hydroxyl groups is 1. The maximum atomic E-state index is 14.2. The van der Waals surface area contributed by atoms with Crippen LogP contribution < -0.4 is 20.7 Å². The average molecular weight is 568 g/mol. The predicted octanol–water partition coefficient (Wildman–Crippen LogP) is 2.04. The molecule has 0 radical (unpaired) electrons. The van der Waals surface area contributed by atoms with Crippen LogP contribution in [0, 0.1) is 5.92 Å². The molecule has 0 bridgehead atoms. The molecule has 1 fully saturated rings. The van der Waals surface area contributed by atoms with E-state index in [-0.39, 0.29) is 24.0 Å². The Hall–Kier alpha value is -3.36. The summed E-state index contributed by atoms with van der Waals surface area (Å²) in [7, 11) is -2.58. The number of nitrogens with two attached hydrogens (primary N) is 1. The largest absolute Gasteiger partial charge is 0.465 e. The molecule has 3 aromatic rings. The minimum absolute atomic E-state index is 0.0374. The van der Waals surface area contributed by atoms with Gasteiger partial charge in [0, 0.05) is 7.05 Å². The van der Waals surface area contributed by atoms with Gasteiger partial charge in [-0.2, -0.15) is 15.1 Å². The standard InChI is InChI=1S/C23H31FN7O7P/c1-4-35-22(33)13(2)30-39(34,38-14-8-6-5-7-9-14)36-11-16-18(32)15(10-24)21(37-16)31-12-27-17-19(26-3)28-23(25)29-20(17)31/h5-9,12-13,15-16,18,21,32H,4,10-11H2,1-3H3,(H,30,34)(H3,25,26,28,29)/t13?,15-,16+,18-,21+,39+/m0/s1. The lowest BCUT2D eigenvalue weighted by molar-refractivity contribution is -0.144. The number of alkyl halides is 1. The SMILES string of the molecule is CCOC(=O)C(C)N[P@@](=O)(OC[C@H]1O[C@@H](n2cnc3c(NC)nc(N)nc32)[C@@H](CF)[C@@H]1O)Oc1ccccc1. The van der Waals surface area contributed by atoms with Crippen LogP contribution in [0.5, 0.6) is 5.75 Å². The molecule has 6 atom stereocenters. The number of fused-ring (bicyclic) bond motifs is 1. The number of para-hydroxylation sites is 1. The van der Waals surface area contributed by atoms with E-state index in [0.717, 1.165) is 0 Å². The molecule has 14 nitrogen and oxygen atoms in total. The van der Waals surface area contributed by atoms with E-state index >= 15 is 0 Å². The number of aromatic nitrogens is 4. The summed E-state index contributed by atoms with van der Waals surface area (Å²) in [6.45, 7) is 1.79. The van der Waals surface area contributed by atoms with Crippen molar-refractivity contribution < 1.29 is 37.4 Å². The van der Waals surface area contributed by atoms with Crippen LogP contribution in [0.3, 0.4) is 0 Å². The highest BCUT2D eigenvalue weighted by Crippen LogP contribution is 2.46. The molecule has 3 heterocycles. The normalized spacial score (nSPS) is 23.3. The Morgan fingerprint density at radius 1 is 1.33 bits per heavy atom. The van der Waals surface area contributed by atoms with Crippen molar-refractivity contribution in [2.24, 2.45) is 5.92 Å². The molecule has 16 heteroatoms. The fourth-order valence-electron chi connectivity index (χ4n) is 4.11. The number of benzene rings is 1. The number of imidazole rings is 1. The summed E-state index contributed by atoms with van der Waals surface area (Å²) in [6, 6.07) is 7.13. The van der Waals surface area contributed by atoms with Gasteiger partial charge in [0.15, 0.2) is 17.0 Å². The molecule has 39 heavy (non-hydrogen) atoms. The number of hydrogen-bond acceptors (Lipinski definition) is 12. The van der Waals surface area contributed by atoms with Crippen molar-refractivity contribution >= 4 is 36.6 Å². The zero-order valence-electron chi connectivity index (χ0n) is 21.6. The minimum Gasteiger partial charge on any atom is -0.465 e. The molecule has 0 aliphatic carbocycles. The fraction of sp³-hybridized carbons (Fsp3) is 0.478. The maximum absolute atomic E-state index is 14.2. The number of rotatable bonds is 12. The van der Waals surface area contributed by atoms with Gasteiger partial charge in [-0.1, -0.05) is 18.2 Å². The molecule has 1 aromatic carbocycles. The first-order chi connectivity index (χ1) is 18.7. The fourth-order valence-corrected chi connectivity index (χ4v) is 5.62. The molecule has 5 N–H and O–H groups in total. The van der Waals surface area contributed by atoms with Crippen LogP contribution in [-0.4, -0.2) is 75.8 Å². The van der Waals surface area contributed by atoms with Crippen LogP contribution in [0.1, 0.15) is 20.1 Å². The molecule has 0 saturated carbocycles. The average Bonchev–Trinajstić information content (AvgIpc) is 3.47. The monoisotopic (exact) mass is 567 g/mol. The van der Waals surface area contributed by atoms with Gasteiger partial charge in [-0.05, 0) is 26.0 Å². The Balaban J connectivity index is 1.55. The first-order valence-electron chi connectivity index (χ1n) is 12.2. The summed E-state index contributed by atoms with van der Waals surface area (Å²) in [5.41, 5.74) is 6.46. The number of esters is 1. The first-order valence-corrected chi connectivity index (χ1v) is 13.7. The third-order valence-electron chi connectivity index (χ3n) is 6.00. The van der Waals surface area contributed by atoms with E-state index in [1.807, 2.05) is 0 Å². The molecule has 4 rings (SSSR count). The van der Waals surface area contributed by atoms with Gasteiger partial charge in [-0.25, -0.2) is 9.55 Å². The second kappa shape index (κ2) is 12.2. The maximum Gasteiger partial charge on any atom is 0.459 e. The van der Waals surface area contributed by atoms with Crippen molar-refractivity contribution in [1.29, 1.82) is 0 Å². The van der Waals surface area contributed by atoms with Crippen molar-refractivity contribution in [1.82, 2.24) is 24.6 Å². The number of carbonyl (C=O) groups is 1. The smallest absolute Gasteiger partial charge is 0.459 e. The molecule has 2 aromatic heterocycles. The first kappa shape index (κ1) is 28.6. The lowest BCUT2D eigenvalue weighted by atomic mass is 10.0. The van der Waals surface area contributed by atoms with E-state index in [4.69, 9.17) is 24.3 Å². The zero-order chi connectivity index (χ0) is 28.2. The van der Waals surface area contributed by atoms with Crippen LogP contribution in [0.2, 0.25) is 0 Å². The van der Waals surface area contributed by atoms with Crippen LogP contribution in [0.4, 0.5) is 16.2 Å². The van der Waals surface area contributed by atoms with Crippen LogP contribution in [-0.2, 0) is 23.4 Å². The van der Waals surface area contributed by atoms with Crippen LogP contribution >= 0.6 is 7.75 Å². The quantitative estimate of drug-likeness (QED) is 0.184. The number of aliphatic hydroxyl groups excluding tert-OH is 1. The Morgan fingerprint density at radius 3 is 2.74 bits per heavy atom. The summed E-state index contributed by atoms with van der Waals surface area (Å²) >= 11 is 0. The molecule has 1 saturated heterocycles. The van der Waals surface area contributed by atoms with Gasteiger partial charge >= 0.3 is 13.7 Å². The van der Waals surface area contributed by atoms with E-state index in [2.05, 4.69) is 25.4 Å². The van der Waals surface area contributed by atoms with Crippen LogP contribution in [0.15, 0.2) is 36.7 Å². The van der Waals surface area contributed by atoms with Gasteiger partial charge in [0.1, 0.15) is 24.1 Å². The van der Waals surface area contributed by atoms with E-state index in [0.29, 0.717) is 11.3 Å². The third-order valence-corrected chi connectivity index (χ3v) is 7.64. The highest BCUT2D eigenvalue weighted by atomic mass is 31.2. The molecular weight excluding hydrogens is 536 g/mol. The van der Waals surface area contributed by atoms with Crippen molar-refractivity contribution in [3.8, 4) is 5.75 Å². The number of hydrogen-bond donors (Lipinski definition) is 4. The van der Waals surface area contributed by atoms with E-state index in [1.165, 1.54) is 17.8 Å². The van der Waals surface area contributed by atoms with Crippen LogP contribution in [0.25, 0.3) is 11.2 Å². The van der Waals surface area contributed by atoms with Crippen molar-refractivity contribution in [2.75, 3.05) is 38.0 Å². The van der Waals surface area contributed by atoms with Crippen molar-refractivity contribution in [3.63, 3.8) is 0 Å². The van der Waals surface area contributed by atoms with Gasteiger partial charge in [-0.15, -0.1) is 0 Å². The lowest BCUT2D eigenvalue weighted by Gasteiger charge is -2.24. The number of ether oxygens (including phenoxy) is 2. The Bertz CT molecular complexity index is 1330. The highest BCUT2D eigenvalue weighted by Gasteiger charge is 2.47. The number of carbonyl (C=O) groups excluding carboxylic acids is 1. The Labute approximate surface area is 223 Å². The van der Waals surface area contributed by atoms with Crippen molar-refractivity contribution in [2.45, 2.75) is 38.3 Å². The highest BCUT2D eigenvalue weighted by molar-refractivity contribution is 7.52. The lowest BCUT2D eigenvalue weighted by Crippen LogP contribution is -2.37. The summed E-state index contributed by atoms with van der Waals surface area (Å²) in [5, 5.41) is 16.3. The molecule has 1 aliphatic rings. The van der Waals surface area contributed by atoms with Gasteiger partial charge in [0.25, 0.3) is 0 Å². The molecule has 212 valence electrons. The Kier molecular flexibility index (Phi) is 8.97. The van der Waals surface area contributed by atoms with E-state index in [9.17, 15) is 18.9 Å². The zero-order valence-corrected chi connectivity index (χ0v) is 22.5. The second-order valence-corrected chi connectivity index (χ2v) is 10.4. The topological polar surface area (TPSA) is 185 Å².